The van der Waals surface area contributed by atoms with Crippen LogP contribution in [-0.2, 0) is 14.8 Å². The van der Waals surface area contributed by atoms with E-state index in [0.717, 1.165) is 16.2 Å². The number of carbonyl (C=O) groups is 1. The van der Waals surface area contributed by atoms with Crippen molar-refractivity contribution in [2.75, 3.05) is 31.6 Å². The second kappa shape index (κ2) is 8.47. The minimum Gasteiger partial charge on any atom is -0.379 e. The molecule has 2 aromatic carbocycles. The number of carbonyl (C=O) groups excluding carboxylic acids is 1. The van der Waals surface area contributed by atoms with Crippen LogP contribution in [0.2, 0.25) is 0 Å². The molecule has 10 heteroatoms. The summed E-state index contributed by atoms with van der Waals surface area (Å²) in [5, 5.41) is 4.88. The number of rotatable bonds is 5. The van der Waals surface area contributed by atoms with Crippen LogP contribution in [0.5, 0.6) is 0 Å². The Morgan fingerprint density at radius 3 is 2.56 bits per heavy atom. The highest BCUT2D eigenvalue weighted by atomic mass is 32.2. The zero-order valence-electron chi connectivity index (χ0n) is 17.0. The summed E-state index contributed by atoms with van der Waals surface area (Å²) in [6.07, 6.45) is 3.85. The largest absolute Gasteiger partial charge is 0.379 e. The first kappa shape index (κ1) is 20.8. The van der Waals surface area contributed by atoms with Crippen molar-refractivity contribution in [2.24, 2.45) is 0 Å². The van der Waals surface area contributed by atoms with Crippen molar-refractivity contribution in [1.29, 1.82) is 0 Å². The van der Waals surface area contributed by atoms with Gasteiger partial charge in [0.15, 0.2) is 4.96 Å². The predicted octanol–water partition coefficient (Wildman–Crippen LogP) is 3.34. The quantitative estimate of drug-likeness (QED) is 0.485. The number of nitrogens with one attached hydrogen (secondary N) is 1. The number of thiazole rings is 1. The number of sulfonamides is 1. The molecule has 1 fully saturated rings. The third kappa shape index (κ3) is 3.93. The Bertz CT molecular complexity index is 1340. The van der Waals surface area contributed by atoms with E-state index in [4.69, 9.17) is 4.74 Å². The van der Waals surface area contributed by atoms with Crippen molar-refractivity contribution in [2.45, 2.75) is 4.90 Å². The zero-order chi connectivity index (χ0) is 22.1. The molecule has 0 unspecified atom stereocenters. The van der Waals surface area contributed by atoms with Gasteiger partial charge in [0.05, 0.1) is 29.5 Å². The molecule has 1 aliphatic heterocycles. The van der Waals surface area contributed by atoms with Gasteiger partial charge in [-0.25, -0.2) is 13.4 Å². The number of hydrogen-bond donors (Lipinski definition) is 1. The molecule has 0 atom stereocenters. The molecule has 0 aliphatic carbocycles. The van der Waals surface area contributed by atoms with Gasteiger partial charge in [-0.3, -0.25) is 9.20 Å². The lowest BCUT2D eigenvalue weighted by atomic mass is 10.1. The summed E-state index contributed by atoms with van der Waals surface area (Å²) in [7, 11) is -3.60. The first-order chi connectivity index (χ1) is 15.5. The molecule has 0 saturated carbocycles. The van der Waals surface area contributed by atoms with Crippen LogP contribution in [0.25, 0.3) is 16.2 Å². The van der Waals surface area contributed by atoms with Gasteiger partial charge in [0, 0.05) is 42.0 Å². The Morgan fingerprint density at radius 1 is 1.06 bits per heavy atom. The van der Waals surface area contributed by atoms with Crippen LogP contribution in [-0.4, -0.2) is 54.3 Å². The Kier molecular flexibility index (Phi) is 5.51. The third-order valence-corrected chi connectivity index (χ3v) is 7.95. The molecule has 4 aromatic rings. The van der Waals surface area contributed by atoms with E-state index >= 15 is 0 Å². The summed E-state index contributed by atoms with van der Waals surface area (Å²) in [6, 6.07) is 13.4. The van der Waals surface area contributed by atoms with Crippen molar-refractivity contribution in [1.82, 2.24) is 13.7 Å². The topological polar surface area (TPSA) is 93.0 Å². The van der Waals surface area contributed by atoms with E-state index in [9.17, 15) is 13.2 Å². The van der Waals surface area contributed by atoms with Gasteiger partial charge in [-0.15, -0.1) is 11.3 Å². The van der Waals surface area contributed by atoms with Gasteiger partial charge in [-0.05, 0) is 30.3 Å². The number of anilines is 1. The molecule has 0 spiro atoms. The Hall–Kier alpha value is -3.05. The van der Waals surface area contributed by atoms with Gasteiger partial charge in [-0.2, -0.15) is 4.31 Å². The van der Waals surface area contributed by atoms with Crippen molar-refractivity contribution >= 4 is 37.9 Å². The molecule has 1 aliphatic rings. The van der Waals surface area contributed by atoms with Crippen molar-refractivity contribution in [3.8, 4) is 11.3 Å². The number of fused-ring (bicyclic) bond motifs is 1. The van der Waals surface area contributed by atoms with Crippen LogP contribution in [0.3, 0.4) is 0 Å². The first-order valence-corrected chi connectivity index (χ1v) is 12.4. The average Bonchev–Trinajstić information content (AvgIpc) is 3.43. The molecule has 1 N–H and O–H groups in total. The number of benzene rings is 2. The SMILES string of the molecule is O=C(Nc1ccccc1-c1cn2ccsc2n1)c1ccc(S(=O)(=O)N2CCOCC2)cc1. The minimum atomic E-state index is -3.60. The van der Waals surface area contributed by atoms with Crippen molar-refractivity contribution < 1.29 is 17.9 Å². The lowest BCUT2D eigenvalue weighted by molar-refractivity contribution is 0.0730. The molecule has 0 bridgehead atoms. The summed E-state index contributed by atoms with van der Waals surface area (Å²) in [5.74, 6) is -0.325. The predicted molar refractivity (Wildman–Crippen MR) is 122 cm³/mol. The lowest BCUT2D eigenvalue weighted by Crippen LogP contribution is -2.40. The number of morpholine rings is 1. The maximum atomic E-state index is 12.9. The molecular formula is C22H20N4O4S2. The van der Waals surface area contributed by atoms with Crippen LogP contribution < -0.4 is 5.32 Å². The minimum absolute atomic E-state index is 0.162. The van der Waals surface area contributed by atoms with Crippen LogP contribution in [0.1, 0.15) is 10.4 Å². The van der Waals surface area contributed by atoms with Gasteiger partial charge in [-0.1, -0.05) is 18.2 Å². The maximum Gasteiger partial charge on any atom is 0.255 e. The highest BCUT2D eigenvalue weighted by Gasteiger charge is 2.26. The molecule has 1 amide bonds. The second-order valence-corrected chi connectivity index (χ2v) is 10.1. The van der Waals surface area contributed by atoms with E-state index in [1.54, 1.807) is 0 Å². The van der Waals surface area contributed by atoms with E-state index in [1.165, 1.54) is 39.9 Å². The molecule has 32 heavy (non-hydrogen) atoms. The maximum absolute atomic E-state index is 12.9. The number of nitrogens with zero attached hydrogens (tertiary/aromatic N) is 3. The summed E-state index contributed by atoms with van der Waals surface area (Å²) >= 11 is 1.54. The van der Waals surface area contributed by atoms with E-state index < -0.39 is 10.0 Å². The van der Waals surface area contributed by atoms with E-state index in [1.807, 2.05) is 46.4 Å². The van der Waals surface area contributed by atoms with E-state index in [0.29, 0.717) is 37.6 Å². The van der Waals surface area contributed by atoms with Gasteiger partial charge in [0.25, 0.3) is 5.91 Å². The van der Waals surface area contributed by atoms with Crippen LogP contribution in [0.15, 0.2) is 71.2 Å². The van der Waals surface area contributed by atoms with Crippen LogP contribution in [0.4, 0.5) is 5.69 Å². The molecule has 5 rings (SSSR count). The molecule has 1 saturated heterocycles. The summed E-state index contributed by atoms with van der Waals surface area (Å²) < 4.78 is 34.1. The number of para-hydroxylation sites is 1. The molecule has 164 valence electrons. The molecule has 8 nitrogen and oxygen atoms in total. The Labute approximate surface area is 189 Å². The summed E-state index contributed by atoms with van der Waals surface area (Å²) in [4.78, 5) is 18.5. The average molecular weight is 469 g/mol. The molecule has 2 aromatic heterocycles. The number of aromatic nitrogens is 2. The lowest BCUT2D eigenvalue weighted by Gasteiger charge is -2.26. The van der Waals surface area contributed by atoms with Gasteiger partial charge in [0.1, 0.15) is 0 Å². The smallest absolute Gasteiger partial charge is 0.255 e. The fourth-order valence-corrected chi connectivity index (χ4v) is 5.69. The summed E-state index contributed by atoms with van der Waals surface area (Å²) in [5.41, 5.74) is 2.57. The van der Waals surface area contributed by atoms with Crippen LogP contribution >= 0.6 is 11.3 Å². The first-order valence-electron chi connectivity index (χ1n) is 10.0. The number of ether oxygens (including phenoxy) is 1. The highest BCUT2D eigenvalue weighted by molar-refractivity contribution is 7.89. The Balaban J connectivity index is 1.36. The number of imidazole rings is 1. The zero-order valence-corrected chi connectivity index (χ0v) is 18.6. The van der Waals surface area contributed by atoms with Gasteiger partial charge in [0.2, 0.25) is 10.0 Å². The number of hydrogen-bond acceptors (Lipinski definition) is 6. The normalized spacial score (nSPS) is 15.1. The molecule has 0 radical (unpaired) electrons. The van der Waals surface area contributed by atoms with E-state index in [2.05, 4.69) is 10.3 Å². The fourth-order valence-electron chi connectivity index (χ4n) is 3.58. The van der Waals surface area contributed by atoms with Crippen LogP contribution in [0, 0.1) is 0 Å². The van der Waals surface area contributed by atoms with Gasteiger partial charge < -0.3 is 10.1 Å². The van der Waals surface area contributed by atoms with E-state index in [-0.39, 0.29) is 10.8 Å². The Morgan fingerprint density at radius 2 is 1.81 bits per heavy atom. The monoisotopic (exact) mass is 468 g/mol. The standard InChI is InChI=1S/C22H20N4O4S2/c27-21(16-5-7-17(8-6-16)32(28,29)26-9-12-30-13-10-26)23-19-4-2-1-3-18(19)20-15-25-11-14-31-22(25)24-20/h1-8,11,14-15H,9-10,12-13H2,(H,23,27). The van der Waals surface area contributed by atoms with Gasteiger partial charge >= 0.3 is 0 Å². The molecule has 3 heterocycles. The van der Waals surface area contributed by atoms with Crippen molar-refractivity contribution in [3.05, 3.63) is 71.9 Å². The fraction of sp³-hybridized carbons (Fsp3) is 0.182. The highest BCUT2D eigenvalue weighted by Crippen LogP contribution is 2.29. The second-order valence-electron chi connectivity index (χ2n) is 7.26. The molecular weight excluding hydrogens is 448 g/mol. The number of amides is 1. The summed E-state index contributed by atoms with van der Waals surface area (Å²) in [6.45, 7) is 1.42. The van der Waals surface area contributed by atoms with Crippen molar-refractivity contribution in [3.63, 3.8) is 0 Å². The third-order valence-electron chi connectivity index (χ3n) is 5.27.